The first-order chi connectivity index (χ1) is 15.2. The summed E-state index contributed by atoms with van der Waals surface area (Å²) in [5.41, 5.74) is -0.958. The number of ether oxygens (including phenoxy) is 3. The monoisotopic (exact) mass is 454 g/mol. The number of rotatable bonds is 10. The van der Waals surface area contributed by atoms with Gasteiger partial charge in [0.1, 0.15) is 11.5 Å². The van der Waals surface area contributed by atoms with Crippen molar-refractivity contribution in [2.24, 2.45) is 7.05 Å². The van der Waals surface area contributed by atoms with E-state index in [1.807, 2.05) is 0 Å². The Labute approximate surface area is 181 Å². The summed E-state index contributed by atoms with van der Waals surface area (Å²) >= 11 is 0. The summed E-state index contributed by atoms with van der Waals surface area (Å²) < 4.78 is 45.5. The summed E-state index contributed by atoms with van der Waals surface area (Å²) in [7, 11) is 2.95. The summed E-state index contributed by atoms with van der Waals surface area (Å²) in [5.74, 6) is 0.0274. The second-order valence-electron chi connectivity index (χ2n) is 7.07. The van der Waals surface area contributed by atoms with Gasteiger partial charge >= 0.3 is 17.8 Å². The van der Waals surface area contributed by atoms with E-state index in [-0.39, 0.29) is 61.4 Å². The average Bonchev–Trinajstić information content (AvgIpc) is 3.08. The van der Waals surface area contributed by atoms with Gasteiger partial charge in [0.2, 0.25) is 0 Å². The Morgan fingerprint density at radius 1 is 1.16 bits per heavy atom. The molecule has 10 nitrogen and oxygen atoms in total. The number of alkyl halides is 2. The molecule has 32 heavy (non-hydrogen) atoms. The highest BCUT2D eigenvalue weighted by molar-refractivity contribution is 5.72. The molecule has 0 radical (unpaired) electrons. The van der Waals surface area contributed by atoms with Crippen LogP contribution in [0.4, 0.5) is 8.78 Å². The Kier molecular flexibility index (Phi) is 6.94. The number of aliphatic hydroxyl groups excluding tert-OH is 1. The van der Waals surface area contributed by atoms with Gasteiger partial charge in [-0.05, 0) is 18.6 Å². The molecule has 0 aliphatic rings. The first kappa shape index (κ1) is 23.4. The van der Waals surface area contributed by atoms with Gasteiger partial charge in [-0.15, -0.1) is 0 Å². The Balaban J connectivity index is 2.12. The maximum atomic E-state index is 13.2. The standard InChI is InChI=1S/C20H24F2N4O6/c1-20(21,22)32-14-7-4-6-13(12-14)31-18-23-16-15(25(18)9-11-30-3)17(28)26(8-5-10-27)19(29)24(16)2/h4,6-7,12,27H,5,8-11H2,1-3H3. The minimum Gasteiger partial charge on any atom is -0.433 e. The van der Waals surface area contributed by atoms with E-state index >= 15 is 0 Å². The van der Waals surface area contributed by atoms with Gasteiger partial charge < -0.3 is 19.3 Å². The molecule has 3 aromatic rings. The molecule has 0 aliphatic heterocycles. The minimum atomic E-state index is -3.37. The lowest BCUT2D eigenvalue weighted by molar-refractivity contribution is -0.159. The van der Waals surface area contributed by atoms with Crippen molar-refractivity contribution in [1.29, 1.82) is 0 Å². The van der Waals surface area contributed by atoms with Gasteiger partial charge in [0.25, 0.3) is 5.56 Å². The van der Waals surface area contributed by atoms with Gasteiger partial charge in [0, 0.05) is 40.3 Å². The molecule has 2 aromatic heterocycles. The summed E-state index contributed by atoms with van der Waals surface area (Å²) in [5, 5.41) is 9.09. The molecule has 3 rings (SSSR count). The Morgan fingerprint density at radius 2 is 1.88 bits per heavy atom. The van der Waals surface area contributed by atoms with Crippen molar-refractivity contribution >= 4 is 11.2 Å². The van der Waals surface area contributed by atoms with Crippen LogP contribution in [0.15, 0.2) is 33.9 Å². The fourth-order valence-corrected chi connectivity index (χ4v) is 3.16. The van der Waals surface area contributed by atoms with Crippen LogP contribution in [0, 0.1) is 0 Å². The zero-order chi connectivity index (χ0) is 23.5. The topological polar surface area (TPSA) is 110 Å². The lowest BCUT2D eigenvalue weighted by atomic mass is 10.3. The molecule has 0 unspecified atom stereocenters. The molecule has 0 spiro atoms. The second kappa shape index (κ2) is 9.49. The Morgan fingerprint density at radius 3 is 2.53 bits per heavy atom. The van der Waals surface area contributed by atoms with Crippen LogP contribution in [-0.4, -0.2) is 50.2 Å². The molecule has 2 heterocycles. The number of halogens is 2. The molecular formula is C20H24F2N4O6. The molecule has 0 fully saturated rings. The molecular weight excluding hydrogens is 430 g/mol. The highest BCUT2D eigenvalue weighted by Crippen LogP contribution is 2.29. The molecule has 1 aromatic carbocycles. The number of hydrogen-bond acceptors (Lipinski definition) is 7. The van der Waals surface area contributed by atoms with Crippen LogP contribution < -0.4 is 20.7 Å². The highest BCUT2D eigenvalue weighted by Gasteiger charge is 2.24. The third-order valence-electron chi connectivity index (χ3n) is 4.57. The number of benzene rings is 1. The quantitative estimate of drug-likeness (QED) is 0.497. The van der Waals surface area contributed by atoms with Gasteiger partial charge in [0.15, 0.2) is 11.2 Å². The van der Waals surface area contributed by atoms with Crippen LogP contribution in [0.5, 0.6) is 17.5 Å². The maximum Gasteiger partial charge on any atom is 0.394 e. The largest absolute Gasteiger partial charge is 0.433 e. The van der Waals surface area contributed by atoms with E-state index < -0.39 is 17.4 Å². The van der Waals surface area contributed by atoms with E-state index in [1.165, 1.54) is 47.6 Å². The molecule has 0 saturated carbocycles. The van der Waals surface area contributed by atoms with Crippen LogP contribution in [0.25, 0.3) is 11.2 Å². The molecule has 0 aliphatic carbocycles. The summed E-state index contributed by atoms with van der Waals surface area (Å²) in [6.07, 6.45) is -3.15. The molecule has 174 valence electrons. The zero-order valence-electron chi connectivity index (χ0n) is 17.9. The van der Waals surface area contributed by atoms with Crippen LogP contribution >= 0.6 is 0 Å². The third-order valence-corrected chi connectivity index (χ3v) is 4.57. The maximum absolute atomic E-state index is 13.2. The average molecular weight is 454 g/mol. The molecule has 1 N–H and O–H groups in total. The number of aromatic nitrogens is 4. The van der Waals surface area contributed by atoms with Crippen molar-refractivity contribution < 1.29 is 28.1 Å². The van der Waals surface area contributed by atoms with Gasteiger partial charge in [0.05, 0.1) is 13.2 Å². The van der Waals surface area contributed by atoms with Crippen molar-refractivity contribution in [3.63, 3.8) is 0 Å². The van der Waals surface area contributed by atoms with E-state index in [2.05, 4.69) is 9.72 Å². The van der Waals surface area contributed by atoms with E-state index in [0.717, 1.165) is 4.57 Å². The highest BCUT2D eigenvalue weighted by atomic mass is 19.3. The first-order valence-corrected chi connectivity index (χ1v) is 9.81. The number of nitrogens with zero attached hydrogens (tertiary/aromatic N) is 4. The van der Waals surface area contributed by atoms with Gasteiger partial charge in [-0.25, -0.2) is 4.79 Å². The van der Waals surface area contributed by atoms with Crippen molar-refractivity contribution in [3.8, 4) is 17.5 Å². The lowest BCUT2D eigenvalue weighted by Gasteiger charge is -2.14. The number of aliphatic hydroxyl groups is 1. The predicted octanol–water partition coefficient (Wildman–Crippen LogP) is 1.71. The van der Waals surface area contributed by atoms with Crippen LogP contribution in [0.2, 0.25) is 0 Å². The van der Waals surface area contributed by atoms with Crippen molar-refractivity contribution in [2.45, 2.75) is 32.5 Å². The van der Waals surface area contributed by atoms with Gasteiger partial charge in [-0.2, -0.15) is 13.8 Å². The summed E-state index contributed by atoms with van der Waals surface area (Å²) in [6, 6.07) is 5.57. The van der Waals surface area contributed by atoms with Crippen molar-refractivity contribution in [2.75, 3.05) is 20.3 Å². The number of imidazole rings is 1. The number of aryl methyl sites for hydroxylation is 1. The van der Waals surface area contributed by atoms with Crippen LogP contribution in [-0.2, 0) is 24.9 Å². The number of hydrogen-bond donors (Lipinski definition) is 1. The molecule has 0 saturated heterocycles. The normalized spacial score (nSPS) is 11.8. The SMILES string of the molecule is COCCn1c(Oc2cccc(OC(C)(F)F)c2)nc2c1c(=O)n(CCCO)c(=O)n2C. The fourth-order valence-electron chi connectivity index (χ4n) is 3.16. The zero-order valence-corrected chi connectivity index (χ0v) is 17.9. The van der Waals surface area contributed by atoms with E-state index in [9.17, 15) is 18.4 Å². The minimum absolute atomic E-state index is 0.0236. The van der Waals surface area contributed by atoms with Gasteiger partial charge in [-0.1, -0.05) is 6.07 Å². The van der Waals surface area contributed by atoms with E-state index in [4.69, 9.17) is 14.6 Å². The van der Waals surface area contributed by atoms with Crippen LogP contribution in [0.1, 0.15) is 13.3 Å². The molecule has 12 heteroatoms. The Hall–Kier alpha value is -3.25. The smallest absolute Gasteiger partial charge is 0.394 e. The number of methoxy groups -OCH3 is 1. The molecule has 0 bridgehead atoms. The predicted molar refractivity (Wildman–Crippen MR) is 111 cm³/mol. The lowest BCUT2D eigenvalue weighted by Crippen LogP contribution is -2.40. The molecule has 0 amide bonds. The fraction of sp³-hybridized carbons (Fsp3) is 0.450. The van der Waals surface area contributed by atoms with Gasteiger partial charge in [-0.3, -0.25) is 18.5 Å². The first-order valence-electron chi connectivity index (χ1n) is 9.81. The second-order valence-corrected chi connectivity index (χ2v) is 7.07. The van der Waals surface area contributed by atoms with E-state index in [0.29, 0.717) is 6.92 Å². The van der Waals surface area contributed by atoms with Crippen molar-refractivity contribution in [1.82, 2.24) is 18.7 Å². The van der Waals surface area contributed by atoms with E-state index in [1.54, 1.807) is 0 Å². The van der Waals surface area contributed by atoms with Crippen molar-refractivity contribution in [3.05, 3.63) is 45.1 Å². The summed E-state index contributed by atoms with van der Waals surface area (Å²) in [4.78, 5) is 30.0. The number of fused-ring (bicyclic) bond motifs is 1. The molecule has 0 atom stereocenters. The Bertz CT molecular complexity index is 1210. The summed E-state index contributed by atoms with van der Waals surface area (Å²) in [6.45, 7) is 0.867. The van der Waals surface area contributed by atoms with Crippen LogP contribution in [0.3, 0.4) is 0 Å². The third kappa shape index (κ3) is 4.97.